The molecule has 0 saturated carbocycles. The minimum absolute atomic E-state index is 0.0310. The lowest BCUT2D eigenvalue weighted by molar-refractivity contribution is 0.477. The minimum Gasteiger partial charge on any atom is -0.507 e. The van der Waals surface area contributed by atoms with Crippen LogP contribution in [0.25, 0.3) is 20.8 Å². The van der Waals surface area contributed by atoms with E-state index in [1.165, 1.54) is 47.7 Å². The second-order valence-electron chi connectivity index (χ2n) is 5.78. The molecule has 0 aliphatic carbocycles. The molecule has 0 aliphatic heterocycles. The van der Waals surface area contributed by atoms with Crippen LogP contribution in [0, 0.1) is 0 Å². The summed E-state index contributed by atoms with van der Waals surface area (Å²) in [7, 11) is -3.77. The van der Waals surface area contributed by atoms with Crippen molar-refractivity contribution in [2.75, 3.05) is 4.72 Å². The zero-order chi connectivity index (χ0) is 19.0. The molecular weight excluding hydrogens is 404 g/mol. The molecular formula is C19H13ClN2O3S2. The lowest BCUT2D eigenvalue weighted by Gasteiger charge is -2.10. The number of phenolic OH excluding ortho intramolecular Hbond substituents is 1. The van der Waals surface area contributed by atoms with Crippen molar-refractivity contribution in [2.24, 2.45) is 0 Å². The molecule has 3 aromatic carbocycles. The van der Waals surface area contributed by atoms with Gasteiger partial charge in [-0.05, 0) is 54.6 Å². The van der Waals surface area contributed by atoms with Gasteiger partial charge in [0.05, 0.1) is 20.7 Å². The molecule has 4 aromatic rings. The summed E-state index contributed by atoms with van der Waals surface area (Å²) >= 11 is 7.24. The number of aromatic nitrogens is 1. The van der Waals surface area contributed by atoms with Crippen LogP contribution in [-0.2, 0) is 10.0 Å². The van der Waals surface area contributed by atoms with Crippen molar-refractivity contribution in [3.8, 4) is 16.3 Å². The summed E-state index contributed by atoms with van der Waals surface area (Å²) in [5.41, 5.74) is 1.62. The third kappa shape index (κ3) is 3.62. The fraction of sp³-hybridized carbons (Fsp3) is 0. The molecule has 4 rings (SSSR count). The number of phenols is 1. The monoisotopic (exact) mass is 416 g/mol. The van der Waals surface area contributed by atoms with Crippen LogP contribution in [0.5, 0.6) is 5.75 Å². The fourth-order valence-corrected chi connectivity index (χ4v) is 4.75. The SMILES string of the molecule is O=S(=O)(Nc1ccc(O)c(-c2nc3ccccc3s2)c1)c1ccc(Cl)cc1. The average molecular weight is 417 g/mol. The van der Waals surface area contributed by atoms with Crippen molar-refractivity contribution >= 4 is 48.9 Å². The van der Waals surface area contributed by atoms with Crippen LogP contribution in [0.4, 0.5) is 5.69 Å². The molecule has 0 amide bonds. The number of fused-ring (bicyclic) bond motifs is 1. The van der Waals surface area contributed by atoms with Gasteiger partial charge in [0.25, 0.3) is 10.0 Å². The number of nitrogens with zero attached hydrogens (tertiary/aromatic N) is 1. The number of hydrogen-bond donors (Lipinski definition) is 2. The highest BCUT2D eigenvalue weighted by atomic mass is 35.5. The molecule has 136 valence electrons. The van der Waals surface area contributed by atoms with Crippen LogP contribution in [0.1, 0.15) is 0 Å². The lowest BCUT2D eigenvalue weighted by atomic mass is 10.2. The van der Waals surface area contributed by atoms with Crippen LogP contribution in [0.2, 0.25) is 5.02 Å². The number of hydrogen-bond acceptors (Lipinski definition) is 5. The van der Waals surface area contributed by atoms with Crippen LogP contribution in [0.3, 0.4) is 0 Å². The summed E-state index contributed by atoms with van der Waals surface area (Å²) in [6.07, 6.45) is 0. The fourth-order valence-electron chi connectivity index (χ4n) is 2.59. The summed E-state index contributed by atoms with van der Waals surface area (Å²) in [5, 5.41) is 11.3. The summed E-state index contributed by atoms with van der Waals surface area (Å²) in [6.45, 7) is 0. The summed E-state index contributed by atoms with van der Waals surface area (Å²) in [6, 6.07) is 18.0. The zero-order valence-electron chi connectivity index (χ0n) is 13.8. The Kier molecular flexibility index (Phi) is 4.51. The van der Waals surface area contributed by atoms with Gasteiger partial charge in [0, 0.05) is 10.7 Å². The molecule has 2 N–H and O–H groups in total. The van der Waals surface area contributed by atoms with E-state index in [9.17, 15) is 13.5 Å². The number of halogens is 1. The predicted octanol–water partition coefficient (Wildman–Crippen LogP) is 5.12. The van der Waals surface area contributed by atoms with E-state index in [0.29, 0.717) is 21.3 Å². The van der Waals surface area contributed by atoms with Crippen molar-refractivity contribution < 1.29 is 13.5 Å². The van der Waals surface area contributed by atoms with E-state index in [4.69, 9.17) is 11.6 Å². The number of para-hydroxylation sites is 1. The Hall–Kier alpha value is -2.61. The molecule has 0 radical (unpaired) electrons. The Bertz CT molecular complexity index is 1200. The van der Waals surface area contributed by atoms with Gasteiger partial charge in [0.1, 0.15) is 10.8 Å². The molecule has 0 atom stereocenters. The summed E-state index contributed by atoms with van der Waals surface area (Å²) < 4.78 is 28.6. The first kappa shape index (κ1) is 17.8. The van der Waals surface area contributed by atoms with Gasteiger partial charge >= 0.3 is 0 Å². The summed E-state index contributed by atoms with van der Waals surface area (Å²) in [5.74, 6) is 0.0310. The minimum atomic E-state index is -3.77. The molecule has 0 saturated heterocycles. The maximum Gasteiger partial charge on any atom is 0.261 e. The van der Waals surface area contributed by atoms with Crippen molar-refractivity contribution in [3.63, 3.8) is 0 Å². The van der Waals surface area contributed by atoms with E-state index in [1.54, 1.807) is 6.07 Å². The first-order valence-electron chi connectivity index (χ1n) is 7.90. The summed E-state index contributed by atoms with van der Waals surface area (Å²) in [4.78, 5) is 4.61. The molecule has 0 aliphatic rings. The Balaban J connectivity index is 1.71. The van der Waals surface area contributed by atoms with E-state index in [2.05, 4.69) is 9.71 Å². The number of nitrogens with one attached hydrogen (secondary N) is 1. The van der Waals surface area contributed by atoms with Crippen molar-refractivity contribution in [1.29, 1.82) is 0 Å². The first-order valence-corrected chi connectivity index (χ1v) is 10.6. The third-order valence-corrected chi connectivity index (χ3v) is 6.62. The van der Waals surface area contributed by atoms with E-state index >= 15 is 0 Å². The largest absolute Gasteiger partial charge is 0.507 e. The molecule has 0 bridgehead atoms. The van der Waals surface area contributed by atoms with Gasteiger partial charge in [-0.25, -0.2) is 13.4 Å². The molecule has 1 heterocycles. The van der Waals surface area contributed by atoms with Crippen LogP contribution in [-0.4, -0.2) is 18.5 Å². The van der Waals surface area contributed by atoms with E-state index in [0.717, 1.165) is 10.2 Å². The zero-order valence-corrected chi connectivity index (χ0v) is 16.1. The smallest absolute Gasteiger partial charge is 0.261 e. The Labute approximate surface area is 164 Å². The Morgan fingerprint density at radius 3 is 2.48 bits per heavy atom. The molecule has 27 heavy (non-hydrogen) atoms. The third-order valence-electron chi connectivity index (χ3n) is 3.90. The van der Waals surface area contributed by atoms with E-state index in [-0.39, 0.29) is 10.6 Å². The number of sulfonamides is 1. The molecule has 1 aromatic heterocycles. The van der Waals surface area contributed by atoms with Gasteiger partial charge in [0.15, 0.2) is 0 Å². The number of benzene rings is 3. The van der Waals surface area contributed by atoms with Crippen LogP contribution in [0.15, 0.2) is 71.6 Å². The average Bonchev–Trinajstić information content (AvgIpc) is 3.07. The van der Waals surface area contributed by atoms with Gasteiger partial charge in [-0.15, -0.1) is 11.3 Å². The highest BCUT2D eigenvalue weighted by molar-refractivity contribution is 7.92. The number of thiazole rings is 1. The molecule has 5 nitrogen and oxygen atoms in total. The first-order chi connectivity index (χ1) is 12.9. The van der Waals surface area contributed by atoms with Crippen LogP contribution < -0.4 is 4.72 Å². The normalized spacial score (nSPS) is 11.6. The van der Waals surface area contributed by atoms with Crippen molar-refractivity contribution in [1.82, 2.24) is 4.98 Å². The molecule has 8 heteroatoms. The number of anilines is 1. The highest BCUT2D eigenvalue weighted by Gasteiger charge is 2.16. The Morgan fingerprint density at radius 1 is 1.00 bits per heavy atom. The van der Waals surface area contributed by atoms with Gasteiger partial charge in [0.2, 0.25) is 0 Å². The quantitative estimate of drug-likeness (QED) is 0.452. The van der Waals surface area contributed by atoms with Gasteiger partial charge in [-0.2, -0.15) is 0 Å². The number of rotatable bonds is 4. The number of aromatic hydroxyl groups is 1. The topological polar surface area (TPSA) is 79.3 Å². The van der Waals surface area contributed by atoms with Crippen molar-refractivity contribution in [3.05, 3.63) is 71.8 Å². The molecule has 0 unspecified atom stereocenters. The second-order valence-corrected chi connectivity index (χ2v) is 8.93. The van der Waals surface area contributed by atoms with Crippen molar-refractivity contribution in [2.45, 2.75) is 4.90 Å². The maximum absolute atomic E-state index is 12.6. The van der Waals surface area contributed by atoms with E-state index in [1.807, 2.05) is 24.3 Å². The van der Waals surface area contributed by atoms with Gasteiger partial charge in [-0.3, -0.25) is 4.72 Å². The maximum atomic E-state index is 12.6. The lowest BCUT2D eigenvalue weighted by Crippen LogP contribution is -2.12. The van der Waals surface area contributed by atoms with Gasteiger partial charge < -0.3 is 5.11 Å². The Morgan fingerprint density at radius 2 is 1.74 bits per heavy atom. The van der Waals surface area contributed by atoms with Crippen LogP contribution >= 0.6 is 22.9 Å². The highest BCUT2D eigenvalue weighted by Crippen LogP contribution is 2.37. The van der Waals surface area contributed by atoms with E-state index < -0.39 is 10.0 Å². The standard InChI is InChI=1S/C19H13ClN2O3S2/c20-12-5-8-14(9-6-12)27(24,25)22-13-7-10-17(23)15(11-13)19-21-16-3-1-2-4-18(16)26-19/h1-11,22-23H. The molecule has 0 spiro atoms. The predicted molar refractivity (Wildman–Crippen MR) is 109 cm³/mol. The van der Waals surface area contributed by atoms with Gasteiger partial charge in [-0.1, -0.05) is 23.7 Å². The second kappa shape index (κ2) is 6.84. The molecule has 0 fully saturated rings.